The molecular weight excluding hydrogens is 348 g/mol. The molecule has 0 aliphatic carbocycles. The number of nitrogen functional groups attached to an aromatic ring is 1. The van der Waals surface area contributed by atoms with Crippen molar-refractivity contribution >= 4 is 29.3 Å². The molecule has 132 valence electrons. The van der Waals surface area contributed by atoms with Crippen LogP contribution in [0.25, 0.3) is 0 Å². The van der Waals surface area contributed by atoms with Crippen LogP contribution in [0, 0.1) is 11.6 Å². The Hall–Kier alpha value is -2.35. The second kappa shape index (κ2) is 6.87. The molecule has 2 N–H and O–H groups in total. The smallest absolute Gasteiger partial charge is 0.259 e. The molecule has 1 aromatic carbocycles. The van der Waals surface area contributed by atoms with Gasteiger partial charge in [-0.2, -0.15) is 0 Å². The normalized spacial score (nSPS) is 16.9. The lowest BCUT2D eigenvalue weighted by Crippen LogP contribution is -2.36. The number of halogens is 2. The molecule has 0 atom stereocenters. The van der Waals surface area contributed by atoms with Crippen molar-refractivity contribution in [3.63, 3.8) is 0 Å². The molecule has 3 rings (SSSR count). The topological polar surface area (TPSA) is 66.6 Å². The van der Waals surface area contributed by atoms with Gasteiger partial charge in [-0.15, -0.1) is 11.8 Å². The highest BCUT2D eigenvalue weighted by molar-refractivity contribution is 8.01. The quantitative estimate of drug-likeness (QED) is 0.506. The van der Waals surface area contributed by atoms with E-state index in [1.807, 2.05) is 6.26 Å². The first-order chi connectivity index (χ1) is 11.9. The molecule has 0 aromatic heterocycles. The van der Waals surface area contributed by atoms with Crippen LogP contribution in [0.3, 0.4) is 0 Å². The largest absolute Gasteiger partial charge is 0.396 e. The minimum absolute atomic E-state index is 0.0814. The average molecular weight is 365 g/mol. The molecule has 2 aliphatic heterocycles. The summed E-state index contributed by atoms with van der Waals surface area (Å²) in [6.45, 7) is 1.47. The summed E-state index contributed by atoms with van der Waals surface area (Å²) >= 11 is 1.44. The van der Waals surface area contributed by atoms with Gasteiger partial charge in [-0.3, -0.25) is 9.59 Å². The zero-order valence-corrected chi connectivity index (χ0v) is 14.4. The van der Waals surface area contributed by atoms with E-state index in [0.717, 1.165) is 23.3 Å². The molecule has 0 fully saturated rings. The van der Waals surface area contributed by atoms with Crippen molar-refractivity contribution in [3.05, 3.63) is 52.0 Å². The van der Waals surface area contributed by atoms with Crippen LogP contribution in [0.15, 0.2) is 34.8 Å². The molecule has 0 saturated carbocycles. The first kappa shape index (κ1) is 17.5. The first-order valence-electron chi connectivity index (χ1n) is 7.63. The van der Waals surface area contributed by atoms with Gasteiger partial charge in [0.05, 0.1) is 5.69 Å². The molecule has 0 unspecified atom stereocenters. The van der Waals surface area contributed by atoms with Crippen LogP contribution in [-0.2, 0) is 4.79 Å². The number of hydrogen-bond donors (Lipinski definition) is 1. The van der Waals surface area contributed by atoms with Crippen molar-refractivity contribution in [1.29, 1.82) is 0 Å². The molecule has 0 saturated heterocycles. The molecular formula is C17H17F2N3O2S. The Bertz CT molecular complexity index is 789. The zero-order valence-electron chi connectivity index (χ0n) is 13.6. The highest BCUT2D eigenvalue weighted by atomic mass is 32.2. The molecule has 25 heavy (non-hydrogen) atoms. The average Bonchev–Trinajstić information content (AvgIpc) is 3.15. The second-order valence-electron chi connectivity index (χ2n) is 5.92. The van der Waals surface area contributed by atoms with Crippen molar-refractivity contribution in [3.8, 4) is 0 Å². The summed E-state index contributed by atoms with van der Waals surface area (Å²) in [5.41, 5.74) is 6.56. The minimum atomic E-state index is -0.838. The maximum Gasteiger partial charge on any atom is 0.259 e. The number of amides is 2. The van der Waals surface area contributed by atoms with E-state index < -0.39 is 28.8 Å². The summed E-state index contributed by atoms with van der Waals surface area (Å²) in [7, 11) is 0. The van der Waals surface area contributed by atoms with E-state index in [2.05, 4.69) is 0 Å². The summed E-state index contributed by atoms with van der Waals surface area (Å²) < 4.78 is 27.5. The van der Waals surface area contributed by atoms with E-state index in [4.69, 9.17) is 5.73 Å². The lowest BCUT2D eigenvalue weighted by molar-refractivity contribution is -0.124. The molecule has 2 amide bonds. The maximum atomic E-state index is 13.9. The van der Waals surface area contributed by atoms with E-state index in [0.29, 0.717) is 26.2 Å². The Morgan fingerprint density at radius 2 is 1.64 bits per heavy atom. The van der Waals surface area contributed by atoms with E-state index in [-0.39, 0.29) is 5.91 Å². The van der Waals surface area contributed by atoms with Gasteiger partial charge in [0.1, 0.15) is 17.2 Å². The Kier molecular flexibility index (Phi) is 4.80. The second-order valence-corrected chi connectivity index (χ2v) is 6.66. The summed E-state index contributed by atoms with van der Waals surface area (Å²) in [6.07, 6.45) is 3.38. The maximum absolute atomic E-state index is 13.9. The lowest BCUT2D eigenvalue weighted by Gasteiger charge is -2.23. The molecule has 2 aliphatic rings. The van der Waals surface area contributed by atoms with Crippen molar-refractivity contribution in [2.75, 3.05) is 38.2 Å². The van der Waals surface area contributed by atoms with E-state index in [1.165, 1.54) is 22.7 Å². The van der Waals surface area contributed by atoms with Crippen LogP contribution in [0.1, 0.15) is 10.4 Å². The van der Waals surface area contributed by atoms with Gasteiger partial charge in [0.25, 0.3) is 5.91 Å². The molecule has 8 heteroatoms. The standard InChI is InChI=1S/C17H17F2N3O2S/c1-25-5-4-14(23)21-6-10-8-22(9-11(10)7-21)17(24)15-12(18)2-3-13(19)16(15)20/h2-5H,6-9,20H2,1H3/b5-4+. The molecule has 5 nitrogen and oxygen atoms in total. The monoisotopic (exact) mass is 365 g/mol. The van der Waals surface area contributed by atoms with Gasteiger partial charge in [0.2, 0.25) is 5.91 Å². The van der Waals surface area contributed by atoms with Crippen molar-refractivity contribution in [2.24, 2.45) is 0 Å². The number of carbonyl (C=O) groups is 2. The fourth-order valence-corrected chi connectivity index (χ4v) is 3.31. The predicted octanol–water partition coefficient (Wildman–Crippen LogP) is 2.02. The number of nitrogens with zero attached hydrogens (tertiary/aromatic N) is 2. The fraction of sp³-hybridized carbons (Fsp3) is 0.294. The number of thioether (sulfide) groups is 1. The Balaban J connectivity index is 1.69. The third-order valence-electron chi connectivity index (χ3n) is 4.33. The van der Waals surface area contributed by atoms with Gasteiger partial charge < -0.3 is 15.5 Å². The first-order valence-corrected chi connectivity index (χ1v) is 8.92. The van der Waals surface area contributed by atoms with Crippen molar-refractivity contribution in [1.82, 2.24) is 9.80 Å². The fourth-order valence-electron chi connectivity index (χ4n) is 3.05. The third kappa shape index (κ3) is 3.26. The highest BCUT2D eigenvalue weighted by Gasteiger charge is 2.35. The van der Waals surface area contributed by atoms with Crippen LogP contribution in [0.2, 0.25) is 0 Å². The number of nitrogens with two attached hydrogens (primary N) is 1. The zero-order chi connectivity index (χ0) is 18.1. The van der Waals surface area contributed by atoms with Crippen LogP contribution < -0.4 is 5.73 Å². The molecule has 2 heterocycles. The van der Waals surface area contributed by atoms with Gasteiger partial charge in [0.15, 0.2) is 0 Å². The summed E-state index contributed by atoms with van der Waals surface area (Å²) in [4.78, 5) is 27.7. The minimum Gasteiger partial charge on any atom is -0.396 e. The Morgan fingerprint density at radius 3 is 2.24 bits per heavy atom. The highest BCUT2D eigenvalue weighted by Crippen LogP contribution is 2.29. The lowest BCUT2D eigenvalue weighted by atomic mass is 10.1. The van der Waals surface area contributed by atoms with Crippen molar-refractivity contribution < 1.29 is 18.4 Å². The summed E-state index contributed by atoms with van der Waals surface area (Å²) in [5.74, 6) is -2.37. The van der Waals surface area contributed by atoms with Crippen molar-refractivity contribution in [2.45, 2.75) is 0 Å². The van der Waals surface area contributed by atoms with Crippen LogP contribution >= 0.6 is 11.8 Å². The Morgan fingerprint density at radius 1 is 1.08 bits per heavy atom. The van der Waals surface area contributed by atoms with E-state index >= 15 is 0 Å². The van der Waals surface area contributed by atoms with Gasteiger partial charge in [0, 0.05) is 32.3 Å². The number of anilines is 1. The number of carbonyl (C=O) groups excluding carboxylic acids is 2. The molecule has 0 spiro atoms. The summed E-state index contributed by atoms with van der Waals surface area (Å²) in [5, 5.41) is 1.72. The Labute approximate surface area is 148 Å². The third-order valence-corrected chi connectivity index (χ3v) is 4.74. The number of rotatable bonds is 3. The van der Waals surface area contributed by atoms with Gasteiger partial charge >= 0.3 is 0 Å². The van der Waals surface area contributed by atoms with Gasteiger partial charge in [-0.05, 0) is 34.9 Å². The number of benzene rings is 1. The van der Waals surface area contributed by atoms with Gasteiger partial charge in [-0.1, -0.05) is 0 Å². The van der Waals surface area contributed by atoms with E-state index in [1.54, 1.807) is 10.3 Å². The molecule has 0 radical (unpaired) electrons. The van der Waals surface area contributed by atoms with Crippen LogP contribution in [0.5, 0.6) is 0 Å². The van der Waals surface area contributed by atoms with E-state index in [9.17, 15) is 18.4 Å². The van der Waals surface area contributed by atoms with Crippen LogP contribution in [-0.4, -0.2) is 54.0 Å². The molecule has 1 aromatic rings. The molecule has 0 bridgehead atoms. The SMILES string of the molecule is CS/C=C/C(=O)N1CC2=C(C1)CN(C(=O)c1c(F)ccc(F)c1N)C2. The summed E-state index contributed by atoms with van der Waals surface area (Å²) in [6, 6.07) is 1.80. The number of hydrogen-bond acceptors (Lipinski definition) is 4. The van der Waals surface area contributed by atoms with Crippen LogP contribution in [0.4, 0.5) is 14.5 Å². The predicted molar refractivity (Wildman–Crippen MR) is 92.9 cm³/mol. The van der Waals surface area contributed by atoms with Gasteiger partial charge in [-0.25, -0.2) is 8.78 Å².